The Labute approximate surface area is 158 Å². The van der Waals surface area contributed by atoms with Gasteiger partial charge >= 0.3 is 0 Å². The fourth-order valence-corrected chi connectivity index (χ4v) is 3.48. The molecule has 140 valence electrons. The summed E-state index contributed by atoms with van der Waals surface area (Å²) in [6.07, 6.45) is 0.450. The number of H-pyrrole nitrogens is 1. The van der Waals surface area contributed by atoms with Gasteiger partial charge in [-0.3, -0.25) is 20.9 Å². The summed E-state index contributed by atoms with van der Waals surface area (Å²) in [7, 11) is -4.25. The molecule has 0 aliphatic carbocycles. The molecule has 0 fully saturated rings. The van der Waals surface area contributed by atoms with Crippen molar-refractivity contribution in [3.8, 4) is 5.69 Å². The standard InChI is InChI=1S/C14H13N7O4S2/c22-9-15-16-10-4-6-11(7-5-10)21(23)27(24,25)13-3-1-2-12(8-13)20-14(26)17-18-19-20/h1-9,16,23H,(H,15,22)(H,17,19,26). The van der Waals surface area contributed by atoms with Crippen molar-refractivity contribution >= 4 is 40.0 Å². The molecule has 0 bridgehead atoms. The maximum absolute atomic E-state index is 12.7. The second-order valence-electron chi connectivity index (χ2n) is 5.10. The van der Waals surface area contributed by atoms with Crippen molar-refractivity contribution in [1.82, 2.24) is 25.6 Å². The molecule has 0 unspecified atom stereocenters. The number of benzene rings is 2. The molecule has 3 rings (SSSR count). The molecule has 0 radical (unpaired) electrons. The molecule has 0 saturated heterocycles. The van der Waals surface area contributed by atoms with Gasteiger partial charge in [-0.25, -0.2) is 4.68 Å². The number of carbonyl (C=O) groups is 1. The minimum Gasteiger partial charge on any atom is -0.299 e. The Bertz CT molecular complexity index is 1110. The third-order valence-electron chi connectivity index (χ3n) is 3.44. The first-order valence-electron chi connectivity index (χ1n) is 7.33. The van der Waals surface area contributed by atoms with Gasteiger partial charge in [0.25, 0.3) is 10.0 Å². The lowest BCUT2D eigenvalue weighted by Crippen LogP contribution is -2.27. The fourth-order valence-electron chi connectivity index (χ4n) is 2.17. The monoisotopic (exact) mass is 407 g/mol. The number of nitrogens with one attached hydrogen (secondary N) is 3. The molecular weight excluding hydrogens is 394 g/mol. The summed E-state index contributed by atoms with van der Waals surface area (Å²) in [4.78, 5) is 10.1. The van der Waals surface area contributed by atoms with Crippen molar-refractivity contribution < 1.29 is 18.4 Å². The summed E-state index contributed by atoms with van der Waals surface area (Å²) in [5.74, 6) is 0. The van der Waals surface area contributed by atoms with Crippen LogP contribution in [0.5, 0.6) is 0 Å². The molecule has 11 nitrogen and oxygen atoms in total. The number of hydrazine groups is 1. The zero-order chi connectivity index (χ0) is 19.4. The smallest absolute Gasteiger partial charge is 0.286 e. The van der Waals surface area contributed by atoms with Crippen LogP contribution >= 0.6 is 12.2 Å². The molecule has 2 aromatic carbocycles. The normalized spacial score (nSPS) is 11.0. The van der Waals surface area contributed by atoms with E-state index in [1.54, 1.807) is 6.07 Å². The Hall–Kier alpha value is -3.29. The lowest BCUT2D eigenvalue weighted by molar-refractivity contribution is -0.109. The number of hydrogen-bond donors (Lipinski definition) is 4. The first-order chi connectivity index (χ1) is 12.9. The van der Waals surface area contributed by atoms with Crippen molar-refractivity contribution in [3.05, 3.63) is 53.3 Å². The number of aromatic amines is 1. The SMILES string of the molecule is O=CNNc1ccc(N(O)S(=O)(=O)c2cccc(-n3[nH]nnc3=S)c2)cc1. The van der Waals surface area contributed by atoms with E-state index in [2.05, 4.69) is 26.4 Å². The van der Waals surface area contributed by atoms with Gasteiger partial charge in [-0.15, -0.1) is 4.47 Å². The summed E-state index contributed by atoms with van der Waals surface area (Å²) in [6, 6.07) is 11.5. The number of hydrogen-bond acceptors (Lipinski definition) is 8. The largest absolute Gasteiger partial charge is 0.299 e. The van der Waals surface area contributed by atoms with Gasteiger partial charge in [0.2, 0.25) is 11.2 Å². The van der Waals surface area contributed by atoms with Crippen molar-refractivity contribution in [2.24, 2.45) is 0 Å². The third kappa shape index (κ3) is 3.79. The van der Waals surface area contributed by atoms with Gasteiger partial charge in [0.05, 0.1) is 22.0 Å². The van der Waals surface area contributed by atoms with Crippen LogP contribution in [0, 0.1) is 4.77 Å². The fraction of sp³-hybridized carbons (Fsp3) is 0. The number of sulfonamides is 1. The van der Waals surface area contributed by atoms with Gasteiger partial charge in [-0.05, 0) is 54.7 Å². The highest BCUT2D eigenvalue weighted by Crippen LogP contribution is 2.24. The molecule has 1 heterocycles. The number of carbonyl (C=O) groups excluding carboxylic acids is 1. The first-order valence-corrected chi connectivity index (χ1v) is 9.18. The van der Waals surface area contributed by atoms with Crippen LogP contribution in [0.2, 0.25) is 0 Å². The summed E-state index contributed by atoms with van der Waals surface area (Å²) in [5, 5.41) is 19.9. The van der Waals surface area contributed by atoms with Crippen LogP contribution in [0.25, 0.3) is 5.69 Å². The molecule has 0 aliphatic rings. The second-order valence-corrected chi connectivity index (χ2v) is 7.23. The van der Waals surface area contributed by atoms with E-state index >= 15 is 0 Å². The number of rotatable bonds is 7. The van der Waals surface area contributed by atoms with Crippen LogP contribution < -0.4 is 15.3 Å². The Morgan fingerprint density at radius 1 is 1.22 bits per heavy atom. The topological polar surface area (TPSA) is 145 Å². The molecular formula is C14H13N7O4S2. The van der Waals surface area contributed by atoms with E-state index in [4.69, 9.17) is 12.2 Å². The van der Waals surface area contributed by atoms with E-state index < -0.39 is 10.0 Å². The molecule has 0 atom stereocenters. The molecule has 4 N–H and O–H groups in total. The minimum absolute atomic E-state index is 0.0110. The molecule has 27 heavy (non-hydrogen) atoms. The zero-order valence-corrected chi connectivity index (χ0v) is 15.1. The number of anilines is 2. The van der Waals surface area contributed by atoms with Gasteiger partial charge in [0, 0.05) is 0 Å². The lowest BCUT2D eigenvalue weighted by Gasteiger charge is -2.18. The quantitative estimate of drug-likeness (QED) is 0.258. The number of amides is 1. The van der Waals surface area contributed by atoms with E-state index in [1.807, 2.05) is 0 Å². The maximum atomic E-state index is 12.7. The second kappa shape index (κ2) is 7.53. The Morgan fingerprint density at radius 2 is 1.96 bits per heavy atom. The predicted octanol–water partition coefficient (Wildman–Crippen LogP) is 0.982. The van der Waals surface area contributed by atoms with Crippen LogP contribution in [0.4, 0.5) is 11.4 Å². The highest BCUT2D eigenvalue weighted by Gasteiger charge is 2.24. The van der Waals surface area contributed by atoms with Crippen molar-refractivity contribution in [1.29, 1.82) is 0 Å². The predicted molar refractivity (Wildman–Crippen MR) is 97.3 cm³/mol. The van der Waals surface area contributed by atoms with Gasteiger partial charge in [-0.2, -0.15) is 13.6 Å². The van der Waals surface area contributed by atoms with Gasteiger partial charge in [0.15, 0.2) is 0 Å². The van der Waals surface area contributed by atoms with E-state index in [0.29, 0.717) is 17.8 Å². The zero-order valence-electron chi connectivity index (χ0n) is 13.5. The van der Waals surface area contributed by atoms with Crippen molar-refractivity contribution in [2.75, 3.05) is 9.89 Å². The highest BCUT2D eigenvalue weighted by atomic mass is 32.2. The average molecular weight is 407 g/mol. The van der Waals surface area contributed by atoms with Crippen LogP contribution in [0.15, 0.2) is 53.4 Å². The van der Waals surface area contributed by atoms with Gasteiger partial charge < -0.3 is 0 Å². The molecule has 13 heteroatoms. The van der Waals surface area contributed by atoms with E-state index in [9.17, 15) is 18.4 Å². The van der Waals surface area contributed by atoms with Crippen LogP contribution in [0.3, 0.4) is 0 Å². The van der Waals surface area contributed by atoms with Crippen molar-refractivity contribution in [2.45, 2.75) is 4.90 Å². The summed E-state index contributed by atoms with van der Waals surface area (Å²) < 4.78 is 27.0. The van der Waals surface area contributed by atoms with Crippen LogP contribution in [-0.2, 0) is 14.8 Å². The summed E-state index contributed by atoms with van der Waals surface area (Å²) >= 11 is 4.99. The highest BCUT2D eigenvalue weighted by molar-refractivity contribution is 7.92. The number of nitrogens with zero attached hydrogens (tertiary/aromatic N) is 4. The molecule has 3 aromatic rings. The summed E-state index contributed by atoms with van der Waals surface area (Å²) in [5.41, 5.74) is 5.71. The Balaban J connectivity index is 1.91. The maximum Gasteiger partial charge on any atom is 0.286 e. The van der Waals surface area contributed by atoms with E-state index in [0.717, 1.165) is 0 Å². The Kier molecular flexibility index (Phi) is 5.16. The molecule has 0 saturated carbocycles. The van der Waals surface area contributed by atoms with Crippen LogP contribution in [-0.4, -0.2) is 40.2 Å². The van der Waals surface area contributed by atoms with E-state index in [1.165, 1.54) is 47.1 Å². The van der Waals surface area contributed by atoms with Crippen LogP contribution in [0.1, 0.15) is 0 Å². The minimum atomic E-state index is -4.25. The third-order valence-corrected chi connectivity index (χ3v) is 5.22. The van der Waals surface area contributed by atoms with Crippen molar-refractivity contribution in [3.63, 3.8) is 0 Å². The lowest BCUT2D eigenvalue weighted by atomic mass is 10.3. The average Bonchev–Trinajstić information content (AvgIpc) is 3.12. The number of aromatic nitrogens is 4. The van der Waals surface area contributed by atoms with E-state index in [-0.39, 0.29) is 19.8 Å². The van der Waals surface area contributed by atoms with Gasteiger partial charge in [0.1, 0.15) is 0 Å². The molecule has 1 amide bonds. The van der Waals surface area contributed by atoms with Gasteiger partial charge in [-0.1, -0.05) is 16.4 Å². The molecule has 0 aliphatic heterocycles. The molecule has 0 spiro atoms. The Morgan fingerprint density at radius 3 is 2.59 bits per heavy atom. The summed E-state index contributed by atoms with van der Waals surface area (Å²) in [6.45, 7) is 0. The first kappa shape index (κ1) is 18.5. The molecule has 1 aromatic heterocycles. The number of tetrazole rings is 1.